The number of nitrogens with zero attached hydrogens (tertiary/aromatic N) is 2. The number of carbonyl (C=O) groups excluding carboxylic acids is 1. The molecule has 0 saturated heterocycles. The second-order valence-corrected chi connectivity index (χ2v) is 6.36. The van der Waals surface area contributed by atoms with Crippen LogP contribution in [0.4, 0.5) is 0 Å². The number of hydrogen-bond acceptors (Lipinski definition) is 4. The number of nitrogens with one attached hydrogen (secondary N) is 1. The summed E-state index contributed by atoms with van der Waals surface area (Å²) in [6.45, 7) is 0.457. The third-order valence-electron chi connectivity index (χ3n) is 4.51. The van der Waals surface area contributed by atoms with E-state index in [1.807, 2.05) is 60.7 Å². The highest BCUT2D eigenvalue weighted by molar-refractivity contribution is 5.98. The number of ether oxygens (including phenoxy) is 1. The van der Waals surface area contributed by atoms with Crippen molar-refractivity contribution in [3.8, 4) is 16.9 Å². The molecule has 138 valence electrons. The van der Waals surface area contributed by atoms with Crippen molar-refractivity contribution in [2.75, 3.05) is 7.11 Å². The number of methoxy groups -OCH3 is 1. The number of rotatable bonds is 5. The second kappa shape index (κ2) is 7.88. The molecule has 4 aromatic rings. The first kappa shape index (κ1) is 17.7. The van der Waals surface area contributed by atoms with Crippen LogP contribution in [0.5, 0.6) is 5.75 Å². The van der Waals surface area contributed by atoms with E-state index >= 15 is 0 Å². The lowest BCUT2D eigenvalue weighted by Crippen LogP contribution is -2.23. The Kier molecular flexibility index (Phi) is 4.97. The van der Waals surface area contributed by atoms with Gasteiger partial charge in [-0.25, -0.2) is 4.98 Å². The van der Waals surface area contributed by atoms with Crippen molar-refractivity contribution < 1.29 is 9.53 Å². The maximum atomic E-state index is 12.6. The highest BCUT2D eigenvalue weighted by Crippen LogP contribution is 2.29. The average Bonchev–Trinajstić information content (AvgIpc) is 2.77. The highest BCUT2D eigenvalue weighted by atomic mass is 16.5. The molecule has 2 aromatic heterocycles. The molecule has 0 bridgehead atoms. The van der Waals surface area contributed by atoms with Crippen LogP contribution in [0.25, 0.3) is 22.0 Å². The zero-order valence-electron chi connectivity index (χ0n) is 15.4. The largest absolute Gasteiger partial charge is 0.497 e. The molecule has 0 radical (unpaired) electrons. The summed E-state index contributed by atoms with van der Waals surface area (Å²) in [5, 5.41) is 3.80. The quantitative estimate of drug-likeness (QED) is 0.572. The Labute approximate surface area is 163 Å². The second-order valence-electron chi connectivity index (χ2n) is 6.36. The molecule has 0 atom stereocenters. The van der Waals surface area contributed by atoms with Gasteiger partial charge in [0.2, 0.25) is 0 Å². The van der Waals surface area contributed by atoms with Gasteiger partial charge in [0.15, 0.2) is 0 Å². The fourth-order valence-electron chi connectivity index (χ4n) is 3.04. The summed E-state index contributed by atoms with van der Waals surface area (Å²) in [6, 6.07) is 21.1. The van der Waals surface area contributed by atoms with Crippen LogP contribution in [0.1, 0.15) is 16.1 Å². The predicted molar refractivity (Wildman–Crippen MR) is 109 cm³/mol. The van der Waals surface area contributed by atoms with Gasteiger partial charge < -0.3 is 10.1 Å². The molecule has 5 nitrogen and oxygen atoms in total. The zero-order chi connectivity index (χ0) is 19.3. The molecule has 1 amide bonds. The SMILES string of the molecule is COc1cccc(-c2cncc3ccc(C(=O)NCc4ccccc4)nc23)c1. The molecule has 0 aliphatic carbocycles. The van der Waals surface area contributed by atoms with Gasteiger partial charge in [-0.2, -0.15) is 0 Å². The van der Waals surface area contributed by atoms with Gasteiger partial charge in [0.1, 0.15) is 11.4 Å². The summed E-state index contributed by atoms with van der Waals surface area (Å²) in [7, 11) is 1.63. The van der Waals surface area contributed by atoms with Crippen molar-refractivity contribution in [3.05, 3.63) is 90.4 Å². The predicted octanol–water partition coefficient (Wildman–Crippen LogP) is 4.24. The van der Waals surface area contributed by atoms with E-state index in [1.165, 1.54) is 0 Å². The maximum absolute atomic E-state index is 12.6. The lowest BCUT2D eigenvalue weighted by atomic mass is 10.0. The molecule has 2 heterocycles. The van der Waals surface area contributed by atoms with Crippen molar-refractivity contribution >= 4 is 16.8 Å². The van der Waals surface area contributed by atoms with E-state index in [2.05, 4.69) is 15.3 Å². The molecule has 0 spiro atoms. The fraction of sp³-hybridized carbons (Fsp3) is 0.0870. The molecule has 1 N–H and O–H groups in total. The summed E-state index contributed by atoms with van der Waals surface area (Å²) in [4.78, 5) is 21.5. The molecular formula is C23H19N3O2. The van der Waals surface area contributed by atoms with Crippen molar-refractivity contribution in [1.29, 1.82) is 0 Å². The fourth-order valence-corrected chi connectivity index (χ4v) is 3.04. The average molecular weight is 369 g/mol. The lowest BCUT2D eigenvalue weighted by Gasteiger charge is -2.09. The van der Waals surface area contributed by atoms with Crippen LogP contribution >= 0.6 is 0 Å². The molecule has 2 aromatic carbocycles. The molecule has 0 aliphatic heterocycles. The first-order valence-corrected chi connectivity index (χ1v) is 8.96. The van der Waals surface area contributed by atoms with Gasteiger partial charge in [-0.05, 0) is 35.4 Å². The Hall–Kier alpha value is -3.73. The van der Waals surface area contributed by atoms with Crippen LogP contribution in [0, 0.1) is 0 Å². The monoisotopic (exact) mass is 369 g/mol. The van der Waals surface area contributed by atoms with E-state index in [-0.39, 0.29) is 5.91 Å². The Morgan fingerprint density at radius 2 is 1.86 bits per heavy atom. The van der Waals surface area contributed by atoms with Crippen LogP contribution in [-0.4, -0.2) is 23.0 Å². The van der Waals surface area contributed by atoms with E-state index in [0.29, 0.717) is 12.2 Å². The molecule has 4 rings (SSSR count). The van der Waals surface area contributed by atoms with E-state index in [9.17, 15) is 4.79 Å². The molecule has 0 aliphatic rings. The van der Waals surface area contributed by atoms with E-state index in [4.69, 9.17) is 4.74 Å². The Morgan fingerprint density at radius 1 is 1.00 bits per heavy atom. The minimum Gasteiger partial charge on any atom is -0.497 e. The number of carbonyl (C=O) groups is 1. The molecule has 28 heavy (non-hydrogen) atoms. The van der Waals surface area contributed by atoms with E-state index < -0.39 is 0 Å². The first-order chi connectivity index (χ1) is 13.7. The summed E-state index contributed by atoms with van der Waals surface area (Å²) >= 11 is 0. The number of hydrogen-bond donors (Lipinski definition) is 1. The maximum Gasteiger partial charge on any atom is 0.270 e. The number of pyridine rings is 2. The summed E-state index contributed by atoms with van der Waals surface area (Å²) in [5.41, 5.74) is 3.94. The zero-order valence-corrected chi connectivity index (χ0v) is 15.4. The van der Waals surface area contributed by atoms with Gasteiger partial charge >= 0.3 is 0 Å². The number of amides is 1. The molecule has 5 heteroatoms. The van der Waals surface area contributed by atoms with Crippen LogP contribution in [0.15, 0.2) is 79.1 Å². The standard InChI is InChI=1S/C23H19N3O2/c1-28-19-9-5-8-17(12-19)20-15-24-14-18-10-11-21(26-22(18)20)23(27)25-13-16-6-3-2-4-7-16/h2-12,14-15H,13H2,1H3,(H,25,27). The first-order valence-electron chi connectivity index (χ1n) is 8.96. The summed E-state index contributed by atoms with van der Waals surface area (Å²) in [6.07, 6.45) is 3.51. The minimum atomic E-state index is -0.209. The minimum absolute atomic E-state index is 0.209. The van der Waals surface area contributed by atoms with Crippen LogP contribution in [0.3, 0.4) is 0 Å². The van der Waals surface area contributed by atoms with Crippen LogP contribution in [0.2, 0.25) is 0 Å². The molecule has 0 unspecified atom stereocenters. The van der Waals surface area contributed by atoms with Gasteiger partial charge in [0.05, 0.1) is 12.6 Å². The molecular weight excluding hydrogens is 350 g/mol. The number of benzene rings is 2. The smallest absolute Gasteiger partial charge is 0.270 e. The van der Waals surface area contributed by atoms with Gasteiger partial charge in [0, 0.05) is 29.9 Å². The van der Waals surface area contributed by atoms with Gasteiger partial charge in [-0.3, -0.25) is 9.78 Å². The van der Waals surface area contributed by atoms with Crippen molar-refractivity contribution in [2.24, 2.45) is 0 Å². The van der Waals surface area contributed by atoms with E-state index in [0.717, 1.165) is 33.3 Å². The topological polar surface area (TPSA) is 64.1 Å². The van der Waals surface area contributed by atoms with Crippen LogP contribution < -0.4 is 10.1 Å². The Bertz CT molecular complexity index is 1130. The van der Waals surface area contributed by atoms with Gasteiger partial charge in [-0.15, -0.1) is 0 Å². The van der Waals surface area contributed by atoms with Crippen molar-refractivity contribution in [3.63, 3.8) is 0 Å². The highest BCUT2D eigenvalue weighted by Gasteiger charge is 2.12. The van der Waals surface area contributed by atoms with Crippen LogP contribution in [-0.2, 0) is 6.54 Å². The number of aromatic nitrogens is 2. The third kappa shape index (κ3) is 3.69. The lowest BCUT2D eigenvalue weighted by molar-refractivity contribution is 0.0946. The Morgan fingerprint density at radius 3 is 2.68 bits per heavy atom. The van der Waals surface area contributed by atoms with Gasteiger partial charge in [-0.1, -0.05) is 42.5 Å². The van der Waals surface area contributed by atoms with Crippen molar-refractivity contribution in [1.82, 2.24) is 15.3 Å². The van der Waals surface area contributed by atoms with Gasteiger partial charge in [0.25, 0.3) is 5.91 Å². The third-order valence-corrected chi connectivity index (χ3v) is 4.51. The Balaban J connectivity index is 1.67. The summed E-state index contributed by atoms with van der Waals surface area (Å²) < 4.78 is 5.32. The summed E-state index contributed by atoms with van der Waals surface area (Å²) in [5.74, 6) is 0.547. The number of fused-ring (bicyclic) bond motifs is 1. The van der Waals surface area contributed by atoms with Crippen molar-refractivity contribution in [2.45, 2.75) is 6.54 Å². The molecule has 0 saturated carbocycles. The normalized spacial score (nSPS) is 10.6. The van der Waals surface area contributed by atoms with E-state index in [1.54, 1.807) is 25.6 Å². The molecule has 0 fully saturated rings.